The normalized spacial score (nSPS) is 16.6. The predicted molar refractivity (Wildman–Crippen MR) is 56.5 cm³/mol. The van der Waals surface area contributed by atoms with E-state index in [0.29, 0.717) is 4.90 Å². The Kier molecular flexibility index (Phi) is 2.34. The molecule has 6 nitrogen and oxygen atoms in total. The van der Waals surface area contributed by atoms with Crippen LogP contribution >= 0.6 is 0 Å². The number of nitrogens with one attached hydrogen (secondary N) is 1. The molecule has 3 amide bonds. The maximum absolute atomic E-state index is 11.9. The number of carbonyl (C=O) groups excluding carboxylic acids is 3. The van der Waals surface area contributed by atoms with E-state index >= 15 is 0 Å². The van der Waals surface area contributed by atoms with Crippen molar-refractivity contribution in [3.63, 3.8) is 0 Å². The first-order valence-electron chi connectivity index (χ1n) is 5.40. The Bertz CT molecular complexity index is 558. The second-order valence-corrected chi connectivity index (χ2v) is 3.63. The highest BCUT2D eigenvalue weighted by molar-refractivity contribution is 6.22. The maximum atomic E-state index is 11.9. The van der Waals surface area contributed by atoms with Crippen molar-refractivity contribution in [2.45, 2.75) is 6.92 Å². The molecule has 0 radical (unpaired) electrons. The molecule has 0 spiro atoms. The van der Waals surface area contributed by atoms with Crippen LogP contribution in [0.1, 0.15) is 27.7 Å². The highest BCUT2D eigenvalue weighted by Gasteiger charge is 2.36. The molecule has 0 aliphatic carbocycles. The molecule has 1 aliphatic heterocycles. The Morgan fingerprint density at radius 2 is 2.06 bits per heavy atom. The highest BCUT2D eigenvalue weighted by atomic mass is 16.5. The summed E-state index contributed by atoms with van der Waals surface area (Å²) < 4.78 is 7.48. The zero-order valence-corrected chi connectivity index (χ0v) is 8.93. The lowest BCUT2D eigenvalue weighted by atomic mass is 10.1. The van der Waals surface area contributed by atoms with Gasteiger partial charge in [-0.3, -0.25) is 24.5 Å². The van der Waals surface area contributed by atoms with E-state index in [9.17, 15) is 14.4 Å². The standard InChI is InChI=1S/C11H10N2O4/c1-6-2-3-7-8(4-6)11(16)13(10(7)15)5-9(14)12-17/h2-4,17H,5H2,1H3,(H,12,14)/i5T. The fourth-order valence-electron chi connectivity index (χ4n) is 1.64. The molecule has 1 atom stereocenters. The van der Waals surface area contributed by atoms with Crippen molar-refractivity contribution in [2.24, 2.45) is 0 Å². The third kappa shape index (κ3) is 1.78. The Morgan fingerprint density at radius 1 is 1.41 bits per heavy atom. The Labute approximate surface area is 98.2 Å². The van der Waals surface area contributed by atoms with Crippen molar-refractivity contribution >= 4 is 17.7 Å². The first-order valence-corrected chi connectivity index (χ1v) is 4.82. The van der Waals surface area contributed by atoms with E-state index in [1.807, 2.05) is 0 Å². The SMILES string of the molecule is [3H]C(C(=O)NO)N1C(=O)c2ccc(C)cc2C1=O. The number of fused-ring (bicyclic) bond motifs is 1. The largest absolute Gasteiger partial charge is 0.289 e. The zero-order valence-electron chi connectivity index (χ0n) is 9.93. The fourth-order valence-corrected chi connectivity index (χ4v) is 1.64. The van der Waals surface area contributed by atoms with Gasteiger partial charge >= 0.3 is 0 Å². The van der Waals surface area contributed by atoms with Gasteiger partial charge in [-0.1, -0.05) is 11.6 Å². The van der Waals surface area contributed by atoms with Crippen molar-refractivity contribution in [2.75, 3.05) is 6.52 Å². The van der Waals surface area contributed by atoms with Gasteiger partial charge in [0.1, 0.15) is 6.52 Å². The van der Waals surface area contributed by atoms with Gasteiger partial charge < -0.3 is 0 Å². The average Bonchev–Trinajstić information content (AvgIpc) is 2.60. The number of aryl methyl sites for hydroxylation is 1. The molecule has 0 bridgehead atoms. The second kappa shape index (κ2) is 3.99. The van der Waals surface area contributed by atoms with Crippen molar-refractivity contribution < 1.29 is 21.0 Å². The molecule has 1 aliphatic rings. The number of hydroxylamine groups is 1. The molecule has 0 aromatic heterocycles. The lowest BCUT2D eigenvalue weighted by Gasteiger charge is -2.11. The van der Waals surface area contributed by atoms with E-state index in [2.05, 4.69) is 0 Å². The van der Waals surface area contributed by atoms with Crippen molar-refractivity contribution in [1.82, 2.24) is 10.4 Å². The van der Waals surface area contributed by atoms with Crippen LogP contribution < -0.4 is 5.48 Å². The Hall–Kier alpha value is -2.21. The Morgan fingerprint density at radius 3 is 2.71 bits per heavy atom. The van der Waals surface area contributed by atoms with E-state index in [-0.39, 0.29) is 11.1 Å². The summed E-state index contributed by atoms with van der Waals surface area (Å²) in [5.74, 6) is -2.55. The third-order valence-electron chi connectivity index (χ3n) is 2.43. The average molecular weight is 236 g/mol. The van der Waals surface area contributed by atoms with Gasteiger partial charge in [-0.2, -0.15) is 0 Å². The van der Waals surface area contributed by atoms with Gasteiger partial charge in [-0.05, 0) is 19.1 Å². The number of hydrogen-bond donors (Lipinski definition) is 2. The van der Waals surface area contributed by atoms with Crippen LogP contribution in [0.15, 0.2) is 18.2 Å². The van der Waals surface area contributed by atoms with Crippen LogP contribution in [0.5, 0.6) is 0 Å². The molecule has 88 valence electrons. The summed E-state index contributed by atoms with van der Waals surface area (Å²) >= 11 is 0. The van der Waals surface area contributed by atoms with Crippen LogP contribution in [0, 0.1) is 6.92 Å². The molecule has 1 aromatic rings. The van der Waals surface area contributed by atoms with Crippen LogP contribution in [0.3, 0.4) is 0 Å². The number of imide groups is 1. The second-order valence-electron chi connectivity index (χ2n) is 3.63. The molecule has 6 heteroatoms. The summed E-state index contributed by atoms with van der Waals surface area (Å²) in [6, 6.07) is 4.67. The van der Waals surface area contributed by atoms with E-state index < -0.39 is 24.2 Å². The topological polar surface area (TPSA) is 86.7 Å². The molecule has 0 saturated carbocycles. The van der Waals surface area contributed by atoms with Crippen LogP contribution in [-0.2, 0) is 4.79 Å². The quantitative estimate of drug-likeness (QED) is 0.433. The number of amides is 3. The van der Waals surface area contributed by atoms with Crippen LogP contribution in [0.25, 0.3) is 0 Å². The molecule has 2 N–H and O–H groups in total. The third-order valence-corrected chi connectivity index (χ3v) is 2.43. The van der Waals surface area contributed by atoms with Gasteiger partial charge in [0.25, 0.3) is 17.7 Å². The van der Waals surface area contributed by atoms with Crippen molar-refractivity contribution in [1.29, 1.82) is 0 Å². The van der Waals surface area contributed by atoms with Gasteiger partial charge in [0.05, 0.1) is 12.5 Å². The van der Waals surface area contributed by atoms with Crippen molar-refractivity contribution in [3.05, 3.63) is 34.9 Å². The van der Waals surface area contributed by atoms with Crippen LogP contribution in [0.2, 0.25) is 0 Å². The molecular formula is C11H10N2O4. The number of nitrogens with zero attached hydrogens (tertiary/aromatic N) is 1. The predicted octanol–water partition coefficient (Wildman–Crippen LogP) is 0.0964. The smallest absolute Gasteiger partial charge is 0.263 e. The summed E-state index contributed by atoms with van der Waals surface area (Å²) in [4.78, 5) is 35.5. The van der Waals surface area contributed by atoms with Crippen molar-refractivity contribution in [3.8, 4) is 0 Å². The van der Waals surface area contributed by atoms with Gasteiger partial charge in [0.15, 0.2) is 0 Å². The lowest BCUT2D eigenvalue weighted by molar-refractivity contribution is -0.129. The summed E-state index contributed by atoms with van der Waals surface area (Å²) in [7, 11) is 0. The molecule has 1 heterocycles. The summed E-state index contributed by atoms with van der Waals surface area (Å²) in [5, 5.41) is 8.43. The van der Waals surface area contributed by atoms with Gasteiger partial charge in [0, 0.05) is 0 Å². The molecule has 1 unspecified atom stereocenters. The minimum Gasteiger partial charge on any atom is -0.289 e. The molecule has 1 aromatic carbocycles. The number of carbonyl (C=O) groups is 3. The molecular weight excluding hydrogens is 224 g/mol. The molecule has 2 rings (SSSR count). The zero-order chi connectivity index (χ0) is 13.4. The Balaban J connectivity index is 2.43. The molecule has 17 heavy (non-hydrogen) atoms. The maximum Gasteiger partial charge on any atom is 0.263 e. The summed E-state index contributed by atoms with van der Waals surface area (Å²) in [6.45, 7) is -0.0398. The van der Waals surface area contributed by atoms with E-state index in [0.717, 1.165) is 5.56 Å². The van der Waals surface area contributed by atoms with Gasteiger partial charge in [-0.25, -0.2) is 5.48 Å². The van der Waals surface area contributed by atoms with Crippen LogP contribution in [0.4, 0.5) is 0 Å². The minimum absolute atomic E-state index is 0.161. The summed E-state index contributed by atoms with van der Waals surface area (Å²) in [6.07, 6.45) is 0. The monoisotopic (exact) mass is 236 g/mol. The van der Waals surface area contributed by atoms with Crippen LogP contribution in [-0.4, -0.2) is 34.3 Å². The number of hydrogen-bond acceptors (Lipinski definition) is 4. The minimum atomic E-state index is -1.80. The summed E-state index contributed by atoms with van der Waals surface area (Å²) in [5.41, 5.74) is 2.37. The van der Waals surface area contributed by atoms with E-state index in [1.54, 1.807) is 13.0 Å². The van der Waals surface area contributed by atoms with Gasteiger partial charge in [0.2, 0.25) is 0 Å². The molecule has 0 saturated heterocycles. The molecule has 0 fully saturated rings. The van der Waals surface area contributed by atoms with E-state index in [4.69, 9.17) is 6.58 Å². The number of benzene rings is 1. The number of rotatable bonds is 2. The van der Waals surface area contributed by atoms with E-state index in [1.165, 1.54) is 17.6 Å². The van der Waals surface area contributed by atoms with Gasteiger partial charge in [-0.15, -0.1) is 0 Å². The lowest BCUT2D eigenvalue weighted by Crippen LogP contribution is -2.39. The first kappa shape index (κ1) is 9.98. The highest BCUT2D eigenvalue weighted by Crippen LogP contribution is 2.23. The fraction of sp³-hybridized carbons (Fsp3) is 0.182. The first-order chi connectivity index (χ1) is 8.47.